The van der Waals surface area contributed by atoms with Crippen LogP contribution >= 0.6 is 11.6 Å². The Balaban J connectivity index is 2.10. The van der Waals surface area contributed by atoms with Gasteiger partial charge in [-0.2, -0.15) is 0 Å². The van der Waals surface area contributed by atoms with Gasteiger partial charge in [0.1, 0.15) is 0 Å². The molecule has 18 heavy (non-hydrogen) atoms. The highest BCUT2D eigenvalue weighted by molar-refractivity contribution is 6.30. The lowest BCUT2D eigenvalue weighted by molar-refractivity contribution is 0.570. The van der Waals surface area contributed by atoms with E-state index in [0.29, 0.717) is 0 Å². The molecule has 1 nitrogen and oxygen atoms in total. The minimum Gasteiger partial charge on any atom is -0.315 e. The Labute approximate surface area is 113 Å². The molecular weight excluding hydrogens is 242 g/mol. The number of benzene rings is 2. The van der Waals surface area contributed by atoms with Gasteiger partial charge in [0, 0.05) is 17.0 Å². The molecule has 1 heterocycles. The van der Waals surface area contributed by atoms with Crippen LogP contribution in [-0.2, 0) is 5.41 Å². The van der Waals surface area contributed by atoms with Crippen molar-refractivity contribution in [3.8, 4) is 0 Å². The lowest BCUT2D eigenvalue weighted by atomic mass is 9.74. The number of halogens is 1. The van der Waals surface area contributed by atoms with Crippen molar-refractivity contribution in [2.45, 2.75) is 11.8 Å². The van der Waals surface area contributed by atoms with Crippen molar-refractivity contribution in [1.82, 2.24) is 5.32 Å². The minimum atomic E-state index is 0.103. The summed E-state index contributed by atoms with van der Waals surface area (Å²) in [6.45, 7) is 2.07. The molecule has 0 aromatic heterocycles. The maximum atomic E-state index is 5.99. The van der Waals surface area contributed by atoms with Gasteiger partial charge in [0.2, 0.25) is 0 Å². The van der Waals surface area contributed by atoms with Crippen molar-refractivity contribution < 1.29 is 0 Å². The lowest BCUT2D eigenvalue weighted by Crippen LogP contribution is -2.30. The lowest BCUT2D eigenvalue weighted by Gasteiger charge is -2.29. The SMILES string of the molecule is Clc1ccc(C2(c3ccccc3)CCNC2)cc1. The zero-order valence-electron chi connectivity index (χ0n) is 10.2. The zero-order valence-corrected chi connectivity index (χ0v) is 11.0. The molecule has 0 spiro atoms. The summed E-state index contributed by atoms with van der Waals surface area (Å²) < 4.78 is 0. The molecule has 2 heteroatoms. The number of hydrogen-bond acceptors (Lipinski definition) is 1. The van der Waals surface area contributed by atoms with Crippen LogP contribution in [0.1, 0.15) is 17.5 Å². The highest BCUT2D eigenvalue weighted by Gasteiger charge is 2.36. The fourth-order valence-corrected chi connectivity index (χ4v) is 3.00. The third-order valence-electron chi connectivity index (χ3n) is 3.88. The average Bonchev–Trinajstić information content (AvgIpc) is 2.91. The second-order valence-electron chi connectivity index (χ2n) is 4.88. The van der Waals surface area contributed by atoms with Gasteiger partial charge in [-0.3, -0.25) is 0 Å². The van der Waals surface area contributed by atoms with Crippen LogP contribution in [0, 0.1) is 0 Å². The molecule has 0 radical (unpaired) electrons. The van der Waals surface area contributed by atoms with Crippen LogP contribution in [0.3, 0.4) is 0 Å². The Morgan fingerprint density at radius 1 is 0.889 bits per heavy atom. The van der Waals surface area contributed by atoms with Gasteiger partial charge in [0.15, 0.2) is 0 Å². The molecule has 1 unspecified atom stereocenters. The quantitative estimate of drug-likeness (QED) is 0.867. The van der Waals surface area contributed by atoms with E-state index >= 15 is 0 Å². The van der Waals surface area contributed by atoms with Crippen LogP contribution in [0.15, 0.2) is 54.6 Å². The first-order chi connectivity index (χ1) is 8.81. The van der Waals surface area contributed by atoms with Crippen molar-refractivity contribution in [2.24, 2.45) is 0 Å². The van der Waals surface area contributed by atoms with Gasteiger partial charge in [0.25, 0.3) is 0 Å². The Morgan fingerprint density at radius 2 is 1.56 bits per heavy atom. The molecule has 0 amide bonds. The normalized spacial score (nSPS) is 23.2. The van der Waals surface area contributed by atoms with Gasteiger partial charge in [-0.25, -0.2) is 0 Å². The Bertz CT molecular complexity index is 513. The van der Waals surface area contributed by atoms with Crippen LogP contribution in [-0.4, -0.2) is 13.1 Å². The van der Waals surface area contributed by atoms with E-state index in [1.807, 2.05) is 12.1 Å². The van der Waals surface area contributed by atoms with Gasteiger partial charge in [-0.05, 0) is 36.2 Å². The van der Waals surface area contributed by atoms with E-state index in [1.165, 1.54) is 11.1 Å². The molecule has 1 fully saturated rings. The zero-order chi connectivity index (χ0) is 12.4. The summed E-state index contributed by atoms with van der Waals surface area (Å²) in [5.74, 6) is 0. The van der Waals surface area contributed by atoms with Crippen molar-refractivity contribution in [3.05, 3.63) is 70.7 Å². The molecule has 0 aliphatic carbocycles. The fraction of sp³-hybridized carbons (Fsp3) is 0.250. The Hall–Kier alpha value is -1.31. The fourth-order valence-electron chi connectivity index (χ4n) is 2.88. The molecule has 92 valence electrons. The molecular formula is C16H16ClN. The van der Waals surface area contributed by atoms with Gasteiger partial charge in [-0.15, -0.1) is 0 Å². The van der Waals surface area contributed by atoms with Crippen LogP contribution < -0.4 is 5.32 Å². The van der Waals surface area contributed by atoms with Crippen molar-refractivity contribution >= 4 is 11.6 Å². The van der Waals surface area contributed by atoms with E-state index in [2.05, 4.69) is 47.8 Å². The molecule has 0 bridgehead atoms. The molecule has 1 N–H and O–H groups in total. The van der Waals surface area contributed by atoms with Crippen LogP contribution in [0.25, 0.3) is 0 Å². The maximum absolute atomic E-state index is 5.99. The molecule has 1 saturated heterocycles. The van der Waals surface area contributed by atoms with E-state index in [4.69, 9.17) is 11.6 Å². The standard InChI is InChI=1S/C16H16ClN/c17-15-8-6-14(7-9-15)16(10-11-18-12-16)13-4-2-1-3-5-13/h1-9,18H,10-12H2. The summed E-state index contributed by atoms with van der Waals surface area (Å²) in [5, 5.41) is 4.29. The molecule has 2 aromatic rings. The van der Waals surface area contributed by atoms with E-state index in [-0.39, 0.29) is 5.41 Å². The minimum absolute atomic E-state index is 0.103. The van der Waals surface area contributed by atoms with Gasteiger partial charge in [-0.1, -0.05) is 54.1 Å². The van der Waals surface area contributed by atoms with Crippen molar-refractivity contribution in [3.63, 3.8) is 0 Å². The monoisotopic (exact) mass is 257 g/mol. The first-order valence-electron chi connectivity index (χ1n) is 6.34. The molecule has 1 atom stereocenters. The smallest absolute Gasteiger partial charge is 0.0406 e. The van der Waals surface area contributed by atoms with Crippen LogP contribution in [0.4, 0.5) is 0 Å². The van der Waals surface area contributed by atoms with Gasteiger partial charge >= 0.3 is 0 Å². The van der Waals surface area contributed by atoms with E-state index in [1.54, 1.807) is 0 Å². The van der Waals surface area contributed by atoms with Gasteiger partial charge in [0.05, 0.1) is 0 Å². The summed E-state index contributed by atoms with van der Waals surface area (Å²) in [5.41, 5.74) is 2.84. The summed E-state index contributed by atoms with van der Waals surface area (Å²) in [6.07, 6.45) is 1.14. The topological polar surface area (TPSA) is 12.0 Å². The second kappa shape index (κ2) is 4.75. The summed E-state index contributed by atoms with van der Waals surface area (Å²) >= 11 is 5.99. The Morgan fingerprint density at radius 3 is 2.17 bits per heavy atom. The average molecular weight is 258 g/mol. The molecule has 1 aliphatic heterocycles. The largest absolute Gasteiger partial charge is 0.315 e. The first kappa shape index (κ1) is 11.8. The predicted octanol–water partition coefficient (Wildman–Crippen LogP) is 3.62. The van der Waals surface area contributed by atoms with E-state index in [0.717, 1.165) is 24.5 Å². The summed E-state index contributed by atoms with van der Waals surface area (Å²) in [4.78, 5) is 0. The van der Waals surface area contributed by atoms with Gasteiger partial charge < -0.3 is 5.32 Å². The highest BCUT2D eigenvalue weighted by Crippen LogP contribution is 2.37. The third-order valence-corrected chi connectivity index (χ3v) is 4.13. The van der Waals surface area contributed by atoms with Crippen molar-refractivity contribution in [2.75, 3.05) is 13.1 Å². The maximum Gasteiger partial charge on any atom is 0.0406 e. The first-order valence-corrected chi connectivity index (χ1v) is 6.71. The summed E-state index contributed by atoms with van der Waals surface area (Å²) in [6, 6.07) is 19.0. The predicted molar refractivity (Wildman–Crippen MR) is 76.2 cm³/mol. The van der Waals surface area contributed by atoms with Crippen LogP contribution in [0.5, 0.6) is 0 Å². The summed E-state index contributed by atoms with van der Waals surface area (Å²) in [7, 11) is 0. The van der Waals surface area contributed by atoms with E-state index in [9.17, 15) is 0 Å². The second-order valence-corrected chi connectivity index (χ2v) is 5.32. The van der Waals surface area contributed by atoms with E-state index < -0.39 is 0 Å². The number of rotatable bonds is 2. The molecule has 2 aromatic carbocycles. The highest BCUT2D eigenvalue weighted by atomic mass is 35.5. The van der Waals surface area contributed by atoms with Crippen LogP contribution in [0.2, 0.25) is 5.02 Å². The number of hydrogen-bond donors (Lipinski definition) is 1. The molecule has 3 rings (SSSR count). The Kier molecular flexibility index (Phi) is 3.11. The van der Waals surface area contributed by atoms with Crippen molar-refractivity contribution in [1.29, 1.82) is 0 Å². The molecule has 1 aliphatic rings. The molecule has 0 saturated carbocycles. The third kappa shape index (κ3) is 1.94. The number of nitrogens with one attached hydrogen (secondary N) is 1.